The van der Waals surface area contributed by atoms with E-state index in [0.29, 0.717) is 12.2 Å². The molecule has 2 nitrogen and oxygen atoms in total. The number of hydrogen-bond acceptors (Lipinski definition) is 2. The van der Waals surface area contributed by atoms with E-state index in [0.717, 1.165) is 18.5 Å². The summed E-state index contributed by atoms with van der Waals surface area (Å²) < 4.78 is 19.3. The van der Waals surface area contributed by atoms with E-state index in [4.69, 9.17) is 4.74 Å². The van der Waals surface area contributed by atoms with Crippen molar-refractivity contribution >= 4 is 0 Å². The second-order valence-electron chi connectivity index (χ2n) is 5.10. The molecule has 1 saturated heterocycles. The summed E-state index contributed by atoms with van der Waals surface area (Å²) in [7, 11) is 0. The second kappa shape index (κ2) is 4.75. The third kappa shape index (κ3) is 2.67. The number of benzene rings is 1. The van der Waals surface area contributed by atoms with Crippen LogP contribution in [0.4, 0.5) is 4.39 Å². The smallest absolute Gasteiger partial charge is 0.126 e. The lowest BCUT2D eigenvalue weighted by molar-refractivity contribution is -0.0300. The van der Waals surface area contributed by atoms with E-state index in [2.05, 4.69) is 19.2 Å². The molecule has 0 radical (unpaired) electrons. The number of ether oxygens (including phenoxy) is 1. The Morgan fingerprint density at radius 1 is 1.53 bits per heavy atom. The van der Waals surface area contributed by atoms with E-state index in [9.17, 15) is 4.39 Å². The molecule has 1 aliphatic rings. The molecule has 2 atom stereocenters. The van der Waals surface area contributed by atoms with Gasteiger partial charge in [-0.1, -0.05) is 19.1 Å². The molecule has 1 fully saturated rings. The minimum absolute atomic E-state index is 0.0373. The first-order valence-corrected chi connectivity index (χ1v) is 6.17. The number of morpholine rings is 1. The molecule has 94 valence electrons. The summed E-state index contributed by atoms with van der Waals surface area (Å²) in [4.78, 5) is 0. The molecular weight excluding hydrogens is 217 g/mol. The van der Waals surface area contributed by atoms with E-state index < -0.39 is 0 Å². The molecule has 17 heavy (non-hydrogen) atoms. The van der Waals surface area contributed by atoms with Crippen molar-refractivity contribution in [3.63, 3.8) is 0 Å². The van der Waals surface area contributed by atoms with Crippen molar-refractivity contribution in [3.8, 4) is 0 Å². The Morgan fingerprint density at radius 2 is 2.29 bits per heavy atom. The molecule has 3 heteroatoms. The maximum atomic E-state index is 13.5. The Hall–Kier alpha value is -0.930. The molecule has 0 spiro atoms. The molecule has 1 aliphatic heterocycles. The number of halogens is 1. The van der Waals surface area contributed by atoms with E-state index in [-0.39, 0.29) is 17.5 Å². The van der Waals surface area contributed by atoms with Crippen molar-refractivity contribution in [2.75, 3.05) is 13.2 Å². The topological polar surface area (TPSA) is 21.3 Å². The quantitative estimate of drug-likeness (QED) is 0.854. The Balaban J connectivity index is 2.08. The summed E-state index contributed by atoms with van der Waals surface area (Å²) in [6.07, 6.45) is 0.992. The predicted octanol–water partition coefficient (Wildman–Crippen LogP) is 2.96. The van der Waals surface area contributed by atoms with Crippen LogP contribution in [0.15, 0.2) is 18.2 Å². The van der Waals surface area contributed by atoms with Crippen LogP contribution in [0.2, 0.25) is 0 Å². The lowest BCUT2D eigenvalue weighted by Gasteiger charge is -2.38. The van der Waals surface area contributed by atoms with Crippen LogP contribution in [-0.4, -0.2) is 18.7 Å². The first-order valence-electron chi connectivity index (χ1n) is 6.17. The fourth-order valence-electron chi connectivity index (χ4n) is 1.98. The highest BCUT2D eigenvalue weighted by Crippen LogP contribution is 2.26. The van der Waals surface area contributed by atoms with Crippen LogP contribution >= 0.6 is 0 Å². The van der Waals surface area contributed by atoms with Gasteiger partial charge in [0.2, 0.25) is 0 Å². The van der Waals surface area contributed by atoms with Crippen LogP contribution in [0, 0.1) is 12.7 Å². The van der Waals surface area contributed by atoms with E-state index in [1.807, 2.05) is 12.1 Å². The third-order valence-electron chi connectivity index (χ3n) is 3.67. The molecule has 1 aromatic rings. The zero-order chi connectivity index (χ0) is 12.5. The van der Waals surface area contributed by atoms with Gasteiger partial charge in [0, 0.05) is 12.1 Å². The van der Waals surface area contributed by atoms with Crippen molar-refractivity contribution in [1.82, 2.24) is 5.32 Å². The average Bonchev–Trinajstić information content (AvgIpc) is 2.34. The van der Waals surface area contributed by atoms with Gasteiger partial charge in [0.15, 0.2) is 0 Å². The highest BCUT2D eigenvalue weighted by molar-refractivity contribution is 5.25. The first kappa shape index (κ1) is 12.5. The van der Waals surface area contributed by atoms with Gasteiger partial charge in [-0.25, -0.2) is 4.39 Å². The molecule has 0 saturated carbocycles. The second-order valence-corrected chi connectivity index (χ2v) is 5.10. The average molecular weight is 237 g/mol. The van der Waals surface area contributed by atoms with Gasteiger partial charge in [-0.05, 0) is 37.5 Å². The highest BCUT2D eigenvalue weighted by atomic mass is 19.1. The largest absolute Gasteiger partial charge is 0.370 e. The Kier molecular flexibility index (Phi) is 3.50. The zero-order valence-corrected chi connectivity index (χ0v) is 10.7. The monoisotopic (exact) mass is 237 g/mol. The van der Waals surface area contributed by atoms with E-state index >= 15 is 0 Å². The fraction of sp³-hybridized carbons (Fsp3) is 0.571. The van der Waals surface area contributed by atoms with Crippen molar-refractivity contribution in [2.24, 2.45) is 0 Å². The highest BCUT2D eigenvalue weighted by Gasteiger charge is 2.30. The summed E-state index contributed by atoms with van der Waals surface area (Å²) in [5, 5.41) is 3.48. The lowest BCUT2D eigenvalue weighted by Crippen LogP contribution is -2.52. The predicted molar refractivity (Wildman–Crippen MR) is 66.5 cm³/mol. The molecule has 0 bridgehead atoms. The molecule has 0 aromatic heterocycles. The number of aryl methyl sites for hydroxylation is 1. The van der Waals surface area contributed by atoms with Gasteiger partial charge in [-0.2, -0.15) is 0 Å². The molecule has 0 amide bonds. The molecule has 2 rings (SSSR count). The normalized spacial score (nSPS) is 29.3. The summed E-state index contributed by atoms with van der Waals surface area (Å²) in [6.45, 7) is 7.48. The molecule has 1 N–H and O–H groups in total. The van der Waals surface area contributed by atoms with Gasteiger partial charge in [-0.3, -0.25) is 0 Å². The number of hydrogen-bond donors (Lipinski definition) is 1. The standard InChI is InChI=1S/C14H20FNO/c1-4-14(3)9-17-13(8-16-14)11-6-5-10(2)12(15)7-11/h5-7,13,16H,4,8-9H2,1-3H3. The van der Waals surface area contributed by atoms with Crippen LogP contribution in [0.5, 0.6) is 0 Å². The van der Waals surface area contributed by atoms with Crippen molar-refractivity contribution in [2.45, 2.75) is 38.8 Å². The number of rotatable bonds is 2. The van der Waals surface area contributed by atoms with Crippen molar-refractivity contribution < 1.29 is 9.13 Å². The summed E-state index contributed by atoms with van der Waals surface area (Å²) >= 11 is 0. The van der Waals surface area contributed by atoms with E-state index in [1.165, 1.54) is 0 Å². The lowest BCUT2D eigenvalue weighted by atomic mass is 9.96. The van der Waals surface area contributed by atoms with Crippen molar-refractivity contribution in [3.05, 3.63) is 35.1 Å². The van der Waals surface area contributed by atoms with Crippen LogP contribution < -0.4 is 5.32 Å². The van der Waals surface area contributed by atoms with Gasteiger partial charge in [0.1, 0.15) is 5.82 Å². The molecule has 0 aliphatic carbocycles. The maximum absolute atomic E-state index is 13.5. The Morgan fingerprint density at radius 3 is 2.82 bits per heavy atom. The number of nitrogens with one attached hydrogen (secondary N) is 1. The fourth-order valence-corrected chi connectivity index (χ4v) is 1.98. The summed E-state index contributed by atoms with van der Waals surface area (Å²) in [5.41, 5.74) is 1.65. The van der Waals surface area contributed by atoms with Crippen molar-refractivity contribution in [1.29, 1.82) is 0 Å². The van der Waals surface area contributed by atoms with Crippen LogP contribution in [0.25, 0.3) is 0 Å². The summed E-state index contributed by atoms with van der Waals surface area (Å²) in [6, 6.07) is 5.33. The molecule has 2 unspecified atom stereocenters. The molecule has 1 heterocycles. The van der Waals surface area contributed by atoms with Crippen LogP contribution in [-0.2, 0) is 4.74 Å². The zero-order valence-electron chi connectivity index (χ0n) is 10.7. The maximum Gasteiger partial charge on any atom is 0.126 e. The van der Waals surface area contributed by atoms with E-state index in [1.54, 1.807) is 13.0 Å². The molecular formula is C14H20FNO. The third-order valence-corrected chi connectivity index (χ3v) is 3.67. The Bertz CT molecular complexity index is 397. The van der Waals surface area contributed by atoms with Crippen LogP contribution in [0.1, 0.15) is 37.5 Å². The van der Waals surface area contributed by atoms with Gasteiger partial charge >= 0.3 is 0 Å². The first-order chi connectivity index (χ1) is 8.04. The van der Waals surface area contributed by atoms with Crippen LogP contribution in [0.3, 0.4) is 0 Å². The molecule has 1 aromatic carbocycles. The van der Waals surface area contributed by atoms with Gasteiger partial charge in [-0.15, -0.1) is 0 Å². The summed E-state index contributed by atoms with van der Waals surface area (Å²) in [5.74, 6) is -0.157. The van der Waals surface area contributed by atoms with Gasteiger partial charge in [0.05, 0.1) is 12.7 Å². The minimum Gasteiger partial charge on any atom is -0.370 e. The Labute approximate surface area is 102 Å². The minimum atomic E-state index is -0.157. The van der Waals surface area contributed by atoms with Gasteiger partial charge in [0.25, 0.3) is 0 Å². The SMILES string of the molecule is CCC1(C)COC(c2ccc(C)c(F)c2)CN1. The van der Waals surface area contributed by atoms with Gasteiger partial charge < -0.3 is 10.1 Å².